The SMILES string of the molecule is CC(=O)NCCNC(=O)[C@H]1CCCNC1. The van der Waals surface area contributed by atoms with Crippen LogP contribution < -0.4 is 16.0 Å². The third-order valence-electron chi connectivity index (χ3n) is 2.47. The summed E-state index contributed by atoms with van der Waals surface area (Å²) in [6, 6.07) is 0. The van der Waals surface area contributed by atoms with Gasteiger partial charge in [-0.15, -0.1) is 0 Å². The Morgan fingerprint density at radius 2 is 2.07 bits per heavy atom. The first kappa shape index (κ1) is 12.0. The van der Waals surface area contributed by atoms with Crippen molar-refractivity contribution in [1.29, 1.82) is 0 Å². The van der Waals surface area contributed by atoms with E-state index in [9.17, 15) is 9.59 Å². The molecule has 1 aliphatic rings. The molecular weight excluding hydrogens is 194 g/mol. The predicted molar refractivity (Wildman–Crippen MR) is 57.3 cm³/mol. The zero-order valence-corrected chi connectivity index (χ0v) is 9.14. The minimum Gasteiger partial charge on any atom is -0.355 e. The van der Waals surface area contributed by atoms with Crippen LogP contribution in [0.25, 0.3) is 0 Å². The Balaban J connectivity index is 2.09. The second-order valence-electron chi connectivity index (χ2n) is 3.82. The summed E-state index contributed by atoms with van der Waals surface area (Å²) in [5.41, 5.74) is 0. The molecule has 15 heavy (non-hydrogen) atoms. The molecule has 0 aromatic heterocycles. The Labute approximate surface area is 90.0 Å². The largest absolute Gasteiger partial charge is 0.355 e. The molecule has 1 saturated heterocycles. The predicted octanol–water partition coefficient (Wildman–Crippen LogP) is -0.762. The lowest BCUT2D eigenvalue weighted by atomic mass is 9.99. The van der Waals surface area contributed by atoms with Crippen molar-refractivity contribution in [2.75, 3.05) is 26.2 Å². The van der Waals surface area contributed by atoms with E-state index in [1.54, 1.807) is 0 Å². The minimum atomic E-state index is -0.0661. The maximum Gasteiger partial charge on any atom is 0.224 e. The number of carbonyl (C=O) groups excluding carboxylic acids is 2. The van der Waals surface area contributed by atoms with E-state index in [1.807, 2.05) is 0 Å². The first-order chi connectivity index (χ1) is 7.20. The lowest BCUT2D eigenvalue weighted by Gasteiger charge is -2.21. The summed E-state index contributed by atoms with van der Waals surface area (Å²) in [5, 5.41) is 8.64. The molecule has 1 atom stereocenters. The molecule has 0 aromatic rings. The fraction of sp³-hybridized carbons (Fsp3) is 0.800. The molecule has 5 heteroatoms. The lowest BCUT2D eigenvalue weighted by molar-refractivity contribution is -0.125. The summed E-state index contributed by atoms with van der Waals surface area (Å²) < 4.78 is 0. The summed E-state index contributed by atoms with van der Waals surface area (Å²) in [4.78, 5) is 22.1. The van der Waals surface area contributed by atoms with Gasteiger partial charge in [-0.05, 0) is 19.4 Å². The van der Waals surface area contributed by atoms with Crippen molar-refractivity contribution in [1.82, 2.24) is 16.0 Å². The summed E-state index contributed by atoms with van der Waals surface area (Å²) in [6.45, 7) is 4.25. The van der Waals surface area contributed by atoms with Gasteiger partial charge in [0, 0.05) is 26.6 Å². The first-order valence-corrected chi connectivity index (χ1v) is 5.43. The van der Waals surface area contributed by atoms with Crippen molar-refractivity contribution in [3.05, 3.63) is 0 Å². The van der Waals surface area contributed by atoms with Crippen LogP contribution in [0.2, 0.25) is 0 Å². The quantitative estimate of drug-likeness (QED) is 0.538. The molecule has 0 aromatic carbocycles. The van der Waals surface area contributed by atoms with Gasteiger partial charge in [-0.2, -0.15) is 0 Å². The van der Waals surface area contributed by atoms with Crippen LogP contribution in [0.4, 0.5) is 0 Å². The van der Waals surface area contributed by atoms with Crippen LogP contribution in [0.1, 0.15) is 19.8 Å². The topological polar surface area (TPSA) is 70.2 Å². The van der Waals surface area contributed by atoms with E-state index in [2.05, 4.69) is 16.0 Å². The van der Waals surface area contributed by atoms with Gasteiger partial charge in [0.15, 0.2) is 0 Å². The van der Waals surface area contributed by atoms with E-state index in [4.69, 9.17) is 0 Å². The van der Waals surface area contributed by atoms with Crippen LogP contribution in [-0.4, -0.2) is 38.0 Å². The normalized spacial score (nSPS) is 20.7. The highest BCUT2D eigenvalue weighted by Crippen LogP contribution is 2.09. The van der Waals surface area contributed by atoms with Crippen LogP contribution in [0, 0.1) is 5.92 Å². The fourth-order valence-electron chi connectivity index (χ4n) is 1.64. The molecule has 1 aliphatic heterocycles. The number of hydrogen-bond donors (Lipinski definition) is 3. The monoisotopic (exact) mass is 213 g/mol. The standard InChI is InChI=1S/C10H19N3O2/c1-8(14)12-5-6-13-10(15)9-3-2-4-11-7-9/h9,11H,2-7H2,1H3,(H,12,14)(H,13,15)/t9-/m0/s1. The van der Waals surface area contributed by atoms with Crippen molar-refractivity contribution in [2.45, 2.75) is 19.8 Å². The molecule has 1 heterocycles. The zero-order valence-electron chi connectivity index (χ0n) is 9.14. The van der Waals surface area contributed by atoms with E-state index >= 15 is 0 Å². The summed E-state index contributed by atoms with van der Waals surface area (Å²) in [7, 11) is 0. The van der Waals surface area contributed by atoms with Gasteiger partial charge in [-0.1, -0.05) is 0 Å². The molecule has 1 rings (SSSR count). The van der Waals surface area contributed by atoms with E-state index in [0.29, 0.717) is 13.1 Å². The van der Waals surface area contributed by atoms with Gasteiger partial charge < -0.3 is 16.0 Å². The highest BCUT2D eigenvalue weighted by Gasteiger charge is 2.19. The van der Waals surface area contributed by atoms with Crippen molar-refractivity contribution < 1.29 is 9.59 Å². The van der Waals surface area contributed by atoms with Crippen LogP contribution in [0.3, 0.4) is 0 Å². The number of nitrogens with one attached hydrogen (secondary N) is 3. The molecule has 5 nitrogen and oxygen atoms in total. The Morgan fingerprint density at radius 3 is 2.67 bits per heavy atom. The van der Waals surface area contributed by atoms with Gasteiger partial charge in [0.2, 0.25) is 11.8 Å². The molecule has 2 amide bonds. The lowest BCUT2D eigenvalue weighted by Crippen LogP contribution is -2.42. The molecule has 0 spiro atoms. The van der Waals surface area contributed by atoms with Crippen molar-refractivity contribution in [3.8, 4) is 0 Å². The Bertz CT molecular complexity index is 225. The zero-order chi connectivity index (χ0) is 11.1. The van der Waals surface area contributed by atoms with Crippen molar-refractivity contribution in [3.63, 3.8) is 0 Å². The van der Waals surface area contributed by atoms with E-state index in [0.717, 1.165) is 25.9 Å². The van der Waals surface area contributed by atoms with Gasteiger partial charge in [0.05, 0.1) is 5.92 Å². The van der Waals surface area contributed by atoms with E-state index in [-0.39, 0.29) is 17.7 Å². The average Bonchev–Trinajstić information content (AvgIpc) is 2.25. The highest BCUT2D eigenvalue weighted by molar-refractivity contribution is 5.79. The van der Waals surface area contributed by atoms with Crippen molar-refractivity contribution in [2.24, 2.45) is 5.92 Å². The molecule has 86 valence electrons. The highest BCUT2D eigenvalue weighted by atomic mass is 16.2. The third kappa shape index (κ3) is 4.78. The van der Waals surface area contributed by atoms with Crippen LogP contribution in [-0.2, 0) is 9.59 Å². The molecule has 0 unspecified atom stereocenters. The van der Waals surface area contributed by atoms with Gasteiger partial charge in [0.1, 0.15) is 0 Å². The van der Waals surface area contributed by atoms with Crippen molar-refractivity contribution >= 4 is 11.8 Å². The van der Waals surface area contributed by atoms with Crippen LogP contribution in [0.5, 0.6) is 0 Å². The number of carbonyl (C=O) groups is 2. The molecule has 0 bridgehead atoms. The number of amides is 2. The van der Waals surface area contributed by atoms with Gasteiger partial charge in [-0.25, -0.2) is 0 Å². The fourth-order valence-corrected chi connectivity index (χ4v) is 1.64. The second kappa shape index (κ2) is 6.40. The minimum absolute atomic E-state index is 0.0661. The van der Waals surface area contributed by atoms with E-state index in [1.165, 1.54) is 6.92 Å². The molecule has 0 aliphatic carbocycles. The molecule has 0 radical (unpaired) electrons. The third-order valence-corrected chi connectivity index (χ3v) is 2.47. The van der Waals surface area contributed by atoms with Gasteiger partial charge in [0.25, 0.3) is 0 Å². The average molecular weight is 213 g/mol. The maximum absolute atomic E-state index is 11.6. The summed E-state index contributed by atoms with van der Waals surface area (Å²) >= 11 is 0. The summed E-state index contributed by atoms with van der Waals surface area (Å²) in [5.74, 6) is 0.118. The molecule has 3 N–H and O–H groups in total. The van der Waals surface area contributed by atoms with Gasteiger partial charge in [-0.3, -0.25) is 9.59 Å². The summed E-state index contributed by atoms with van der Waals surface area (Å²) in [6.07, 6.45) is 2.02. The Kier molecular flexibility index (Phi) is 5.10. The Morgan fingerprint density at radius 1 is 1.33 bits per heavy atom. The maximum atomic E-state index is 11.6. The van der Waals surface area contributed by atoms with Gasteiger partial charge >= 0.3 is 0 Å². The van der Waals surface area contributed by atoms with E-state index < -0.39 is 0 Å². The van der Waals surface area contributed by atoms with Crippen LogP contribution in [0.15, 0.2) is 0 Å². The molecule has 1 fully saturated rings. The van der Waals surface area contributed by atoms with Crippen LogP contribution >= 0.6 is 0 Å². The number of piperidine rings is 1. The number of hydrogen-bond acceptors (Lipinski definition) is 3. The molecule has 0 saturated carbocycles. The first-order valence-electron chi connectivity index (χ1n) is 5.43. The second-order valence-corrected chi connectivity index (χ2v) is 3.82. The smallest absolute Gasteiger partial charge is 0.224 e. The molecular formula is C10H19N3O2. The number of rotatable bonds is 4. The Hall–Kier alpha value is -1.10.